The molecule has 7 aromatic carbocycles. The number of para-hydroxylation sites is 2. The number of rotatable bonds is 4. The first-order chi connectivity index (χ1) is 21.3. The van der Waals surface area contributed by atoms with Gasteiger partial charge in [0, 0.05) is 43.0 Å². The topological polar surface area (TPSA) is 16.4 Å². The Bertz CT molecular complexity index is 2450. The second-order valence-corrected chi connectivity index (χ2v) is 12.0. The molecular weight excluding hydrogens is 543 g/mol. The van der Waals surface area contributed by atoms with Gasteiger partial charge < -0.3 is 9.32 Å². The van der Waals surface area contributed by atoms with Crippen LogP contribution < -0.4 is 4.90 Å². The molecule has 0 N–H and O–H groups in total. The van der Waals surface area contributed by atoms with Gasteiger partial charge in [0.2, 0.25) is 0 Å². The molecule has 0 spiro atoms. The number of thiophene rings is 1. The van der Waals surface area contributed by atoms with E-state index in [2.05, 4.69) is 144 Å². The van der Waals surface area contributed by atoms with Crippen molar-refractivity contribution in [1.82, 2.24) is 0 Å². The molecule has 0 aliphatic carbocycles. The molecule has 0 aliphatic heterocycles. The summed E-state index contributed by atoms with van der Waals surface area (Å²) in [6.45, 7) is 0. The average Bonchev–Trinajstić information content (AvgIpc) is 3.65. The lowest BCUT2D eigenvalue weighted by Gasteiger charge is -2.26. The molecule has 43 heavy (non-hydrogen) atoms. The van der Waals surface area contributed by atoms with E-state index >= 15 is 0 Å². The van der Waals surface area contributed by atoms with E-state index in [-0.39, 0.29) is 0 Å². The molecule has 0 fully saturated rings. The fourth-order valence-electron chi connectivity index (χ4n) is 6.41. The summed E-state index contributed by atoms with van der Waals surface area (Å²) >= 11 is 1.86. The smallest absolute Gasteiger partial charge is 0.143 e. The fraction of sp³-hybridized carbons (Fsp3) is 0. The monoisotopic (exact) mass is 567 g/mol. The van der Waals surface area contributed by atoms with Crippen molar-refractivity contribution in [3.63, 3.8) is 0 Å². The van der Waals surface area contributed by atoms with E-state index in [9.17, 15) is 0 Å². The van der Waals surface area contributed by atoms with Gasteiger partial charge in [-0.1, -0.05) is 91.0 Å². The predicted octanol–water partition coefficient (Wildman–Crippen LogP) is 12.2. The van der Waals surface area contributed by atoms with Gasteiger partial charge in [-0.2, -0.15) is 0 Å². The minimum absolute atomic E-state index is 0.930. The zero-order valence-electron chi connectivity index (χ0n) is 23.2. The Labute approximate surface area is 252 Å². The molecule has 9 aromatic rings. The number of anilines is 3. The lowest BCUT2D eigenvalue weighted by atomic mass is 9.99. The van der Waals surface area contributed by atoms with Crippen LogP contribution in [0.4, 0.5) is 17.1 Å². The van der Waals surface area contributed by atoms with Gasteiger partial charge in [-0.25, -0.2) is 0 Å². The Kier molecular flexibility index (Phi) is 5.40. The van der Waals surface area contributed by atoms with E-state index < -0.39 is 0 Å². The predicted molar refractivity (Wildman–Crippen MR) is 184 cm³/mol. The Hall–Kier alpha value is -5.38. The van der Waals surface area contributed by atoms with Crippen molar-refractivity contribution in [2.24, 2.45) is 0 Å². The molecule has 3 heteroatoms. The Morgan fingerprint density at radius 1 is 0.465 bits per heavy atom. The molecule has 0 unspecified atom stereocenters. The SMILES string of the molecule is c1ccc(N(c2ccc(-c3ccc4c(ccc5c6ccccc6oc45)c3)cc2)c2cccc3c2sc2ccccc23)cc1. The van der Waals surface area contributed by atoms with E-state index in [4.69, 9.17) is 4.42 Å². The summed E-state index contributed by atoms with van der Waals surface area (Å²) in [6, 6.07) is 54.3. The molecule has 0 saturated carbocycles. The van der Waals surface area contributed by atoms with Crippen LogP contribution in [-0.2, 0) is 0 Å². The lowest BCUT2D eigenvalue weighted by Crippen LogP contribution is -2.09. The van der Waals surface area contributed by atoms with Crippen molar-refractivity contribution in [2.45, 2.75) is 0 Å². The molecule has 202 valence electrons. The summed E-state index contributed by atoms with van der Waals surface area (Å²) in [6.07, 6.45) is 0. The van der Waals surface area contributed by atoms with Gasteiger partial charge in [-0.05, 0) is 77.2 Å². The third-order valence-electron chi connectivity index (χ3n) is 8.46. The van der Waals surface area contributed by atoms with Gasteiger partial charge in [-0.3, -0.25) is 0 Å². The molecule has 2 heterocycles. The van der Waals surface area contributed by atoms with E-state index in [1.54, 1.807) is 0 Å². The van der Waals surface area contributed by atoms with Crippen molar-refractivity contribution in [1.29, 1.82) is 0 Å². The molecule has 0 atom stereocenters. The minimum atomic E-state index is 0.930. The number of hydrogen-bond donors (Lipinski definition) is 0. The zero-order chi connectivity index (χ0) is 28.3. The standard InChI is InChI=1S/C40H25NOS/c1-2-9-29(10-3-1)41(36-14-8-13-35-33-12-5-7-16-38(33)43-40(35)36)30-21-17-26(18-22-30)27-19-23-31-28(25-27)20-24-34-32-11-4-6-15-37(32)42-39(31)34/h1-25H. The quantitative estimate of drug-likeness (QED) is 0.210. The van der Waals surface area contributed by atoms with Gasteiger partial charge in [0.05, 0.1) is 10.4 Å². The first-order valence-corrected chi connectivity index (χ1v) is 15.3. The van der Waals surface area contributed by atoms with Crippen LogP contribution in [0.15, 0.2) is 156 Å². The van der Waals surface area contributed by atoms with Gasteiger partial charge in [0.1, 0.15) is 11.2 Å². The van der Waals surface area contributed by atoms with Crippen LogP contribution in [0.5, 0.6) is 0 Å². The highest BCUT2D eigenvalue weighted by Crippen LogP contribution is 2.45. The third kappa shape index (κ3) is 3.86. The van der Waals surface area contributed by atoms with Crippen LogP contribution in [0.1, 0.15) is 0 Å². The van der Waals surface area contributed by atoms with Crippen LogP contribution in [-0.4, -0.2) is 0 Å². The molecular formula is C40H25NOS. The second-order valence-electron chi connectivity index (χ2n) is 10.9. The zero-order valence-corrected chi connectivity index (χ0v) is 24.0. The summed E-state index contributed by atoms with van der Waals surface area (Å²) in [5.74, 6) is 0. The van der Waals surface area contributed by atoms with E-state index in [1.165, 1.54) is 42.4 Å². The Morgan fingerprint density at radius 2 is 1.16 bits per heavy atom. The molecule has 0 aliphatic rings. The fourth-order valence-corrected chi connectivity index (χ4v) is 7.61. The molecule has 2 aromatic heterocycles. The van der Waals surface area contributed by atoms with Crippen LogP contribution >= 0.6 is 11.3 Å². The summed E-state index contributed by atoms with van der Waals surface area (Å²) in [5, 5.41) is 7.24. The maximum atomic E-state index is 6.28. The van der Waals surface area contributed by atoms with Gasteiger partial charge in [0.25, 0.3) is 0 Å². The second kappa shape index (κ2) is 9.59. The summed E-state index contributed by atoms with van der Waals surface area (Å²) in [5.41, 5.74) is 7.72. The number of furan rings is 1. The maximum absolute atomic E-state index is 6.28. The van der Waals surface area contributed by atoms with Crippen LogP contribution in [0.2, 0.25) is 0 Å². The van der Waals surface area contributed by atoms with Crippen LogP contribution in [0.3, 0.4) is 0 Å². The largest absolute Gasteiger partial charge is 0.455 e. The highest BCUT2D eigenvalue weighted by molar-refractivity contribution is 7.26. The molecule has 2 nitrogen and oxygen atoms in total. The number of hydrogen-bond acceptors (Lipinski definition) is 3. The van der Waals surface area contributed by atoms with Crippen molar-refractivity contribution < 1.29 is 4.42 Å². The molecule has 0 bridgehead atoms. The number of benzene rings is 7. The van der Waals surface area contributed by atoms with E-state index in [0.717, 1.165) is 38.7 Å². The van der Waals surface area contributed by atoms with Crippen molar-refractivity contribution in [3.05, 3.63) is 152 Å². The average molecular weight is 568 g/mol. The molecule has 9 rings (SSSR count). The summed E-state index contributed by atoms with van der Waals surface area (Å²) in [7, 11) is 0. The molecule has 0 saturated heterocycles. The van der Waals surface area contributed by atoms with Crippen molar-refractivity contribution in [2.75, 3.05) is 4.90 Å². The first-order valence-electron chi connectivity index (χ1n) is 14.5. The normalized spacial score (nSPS) is 11.7. The maximum Gasteiger partial charge on any atom is 0.143 e. The van der Waals surface area contributed by atoms with Crippen molar-refractivity contribution in [3.8, 4) is 11.1 Å². The summed E-state index contributed by atoms with van der Waals surface area (Å²) in [4.78, 5) is 2.38. The van der Waals surface area contributed by atoms with E-state index in [1.807, 2.05) is 23.5 Å². The first kappa shape index (κ1) is 24.2. The third-order valence-corrected chi connectivity index (χ3v) is 9.67. The highest BCUT2D eigenvalue weighted by atomic mass is 32.1. The Morgan fingerprint density at radius 3 is 2.05 bits per heavy atom. The Balaban J connectivity index is 1.15. The minimum Gasteiger partial charge on any atom is -0.455 e. The van der Waals surface area contributed by atoms with Gasteiger partial charge in [0.15, 0.2) is 0 Å². The van der Waals surface area contributed by atoms with Gasteiger partial charge in [-0.15, -0.1) is 11.3 Å². The van der Waals surface area contributed by atoms with Crippen LogP contribution in [0.25, 0.3) is 64.0 Å². The number of fused-ring (bicyclic) bond motifs is 8. The van der Waals surface area contributed by atoms with Gasteiger partial charge >= 0.3 is 0 Å². The molecule has 0 amide bonds. The number of nitrogens with zero attached hydrogens (tertiary/aromatic N) is 1. The lowest BCUT2D eigenvalue weighted by molar-refractivity contribution is 0.672. The molecule has 0 radical (unpaired) electrons. The highest BCUT2D eigenvalue weighted by Gasteiger charge is 2.18. The van der Waals surface area contributed by atoms with Crippen LogP contribution in [0, 0.1) is 0 Å². The summed E-state index contributed by atoms with van der Waals surface area (Å²) < 4.78 is 8.89. The van der Waals surface area contributed by atoms with E-state index in [0.29, 0.717) is 0 Å². The van der Waals surface area contributed by atoms with Crippen molar-refractivity contribution >= 4 is 81.3 Å².